The van der Waals surface area contributed by atoms with Crippen molar-refractivity contribution in [3.8, 4) is 45.1 Å². The second-order valence-corrected chi connectivity index (χ2v) is 7.56. The van der Waals surface area contributed by atoms with E-state index < -0.39 is 0 Å². The second kappa shape index (κ2) is 8.56. The molecule has 0 aliphatic carbocycles. The molecule has 1 heterocycles. The van der Waals surface area contributed by atoms with Crippen LogP contribution in [0.2, 0.25) is 0 Å². The number of hydrogen-bond acceptors (Lipinski definition) is 3. The summed E-state index contributed by atoms with van der Waals surface area (Å²) >= 11 is 0. The van der Waals surface area contributed by atoms with Gasteiger partial charge >= 0.3 is 0 Å². The predicted octanol–water partition coefficient (Wildman–Crippen LogP) is 7.25. The van der Waals surface area contributed by atoms with Gasteiger partial charge in [0.25, 0.3) is 0 Å². The molecule has 5 rings (SSSR count). The molecule has 0 unspecified atom stereocenters. The zero-order valence-corrected chi connectivity index (χ0v) is 18.1. The van der Waals surface area contributed by atoms with E-state index in [4.69, 9.17) is 14.5 Å². The maximum absolute atomic E-state index is 5.60. The van der Waals surface area contributed by atoms with Gasteiger partial charge in [-0.25, -0.2) is 4.98 Å². The molecule has 3 heteroatoms. The smallest absolute Gasteiger partial charge is 0.119 e. The molecule has 5 aromatic rings. The highest BCUT2D eigenvalue weighted by molar-refractivity contribution is 6.08. The highest BCUT2D eigenvalue weighted by Crippen LogP contribution is 2.42. The van der Waals surface area contributed by atoms with E-state index in [0.717, 1.165) is 55.9 Å². The van der Waals surface area contributed by atoms with Gasteiger partial charge in [-0.2, -0.15) is 0 Å². The molecule has 0 N–H and O–H groups in total. The zero-order chi connectivity index (χ0) is 21.9. The SMILES string of the molecule is COc1ccc(-c2nc(-c3ccccc3)c(-c3ccccc3)c3cc(OC)ccc23)cc1. The summed E-state index contributed by atoms with van der Waals surface area (Å²) in [6, 6.07) is 35.0. The molecule has 156 valence electrons. The number of ether oxygens (including phenoxy) is 2. The summed E-state index contributed by atoms with van der Waals surface area (Å²) in [5.41, 5.74) is 6.22. The summed E-state index contributed by atoms with van der Waals surface area (Å²) in [6.07, 6.45) is 0. The van der Waals surface area contributed by atoms with Gasteiger partial charge in [-0.1, -0.05) is 60.7 Å². The monoisotopic (exact) mass is 417 g/mol. The number of benzene rings is 4. The average molecular weight is 418 g/mol. The van der Waals surface area contributed by atoms with Crippen LogP contribution in [0.5, 0.6) is 11.5 Å². The van der Waals surface area contributed by atoms with Crippen LogP contribution in [0, 0.1) is 0 Å². The van der Waals surface area contributed by atoms with Crippen LogP contribution in [-0.2, 0) is 0 Å². The van der Waals surface area contributed by atoms with Crippen LogP contribution in [0.1, 0.15) is 0 Å². The van der Waals surface area contributed by atoms with Gasteiger partial charge in [-0.15, -0.1) is 0 Å². The van der Waals surface area contributed by atoms with E-state index in [2.05, 4.69) is 72.8 Å². The first-order valence-corrected chi connectivity index (χ1v) is 10.6. The lowest BCUT2D eigenvalue weighted by atomic mass is 9.91. The van der Waals surface area contributed by atoms with E-state index >= 15 is 0 Å². The minimum Gasteiger partial charge on any atom is -0.497 e. The number of rotatable bonds is 5. The van der Waals surface area contributed by atoms with Gasteiger partial charge in [0.1, 0.15) is 11.5 Å². The Bertz CT molecular complexity index is 1360. The van der Waals surface area contributed by atoms with E-state index in [0.29, 0.717) is 0 Å². The Morgan fingerprint density at radius 1 is 0.500 bits per heavy atom. The number of hydrogen-bond donors (Lipinski definition) is 0. The third-order valence-electron chi connectivity index (χ3n) is 5.68. The molecule has 0 aliphatic heterocycles. The number of pyridine rings is 1. The van der Waals surface area contributed by atoms with E-state index in [1.165, 1.54) is 0 Å². The molecular formula is C29H23NO2. The minimum absolute atomic E-state index is 0.820. The van der Waals surface area contributed by atoms with Crippen molar-refractivity contribution in [3.63, 3.8) is 0 Å². The maximum atomic E-state index is 5.60. The normalized spacial score (nSPS) is 10.8. The van der Waals surface area contributed by atoms with Crippen molar-refractivity contribution < 1.29 is 9.47 Å². The molecule has 3 nitrogen and oxygen atoms in total. The summed E-state index contributed by atoms with van der Waals surface area (Å²) in [6.45, 7) is 0. The average Bonchev–Trinajstić information content (AvgIpc) is 2.88. The minimum atomic E-state index is 0.820. The van der Waals surface area contributed by atoms with Crippen molar-refractivity contribution in [2.45, 2.75) is 0 Å². The molecule has 0 saturated heterocycles. The van der Waals surface area contributed by atoms with E-state index in [1.54, 1.807) is 14.2 Å². The molecule has 0 atom stereocenters. The lowest BCUT2D eigenvalue weighted by Crippen LogP contribution is -1.97. The molecule has 0 radical (unpaired) electrons. The van der Waals surface area contributed by atoms with E-state index in [9.17, 15) is 0 Å². The number of fused-ring (bicyclic) bond motifs is 1. The van der Waals surface area contributed by atoms with Crippen LogP contribution < -0.4 is 9.47 Å². The largest absolute Gasteiger partial charge is 0.497 e. The van der Waals surface area contributed by atoms with Gasteiger partial charge in [0.2, 0.25) is 0 Å². The third-order valence-corrected chi connectivity index (χ3v) is 5.68. The van der Waals surface area contributed by atoms with Crippen LogP contribution in [0.15, 0.2) is 103 Å². The number of methoxy groups -OCH3 is 2. The highest BCUT2D eigenvalue weighted by Gasteiger charge is 2.18. The molecule has 4 aromatic carbocycles. The second-order valence-electron chi connectivity index (χ2n) is 7.56. The van der Waals surface area contributed by atoms with Gasteiger partial charge in [0.05, 0.1) is 25.6 Å². The first-order valence-electron chi connectivity index (χ1n) is 10.6. The fourth-order valence-corrected chi connectivity index (χ4v) is 4.09. The molecule has 1 aromatic heterocycles. The number of aromatic nitrogens is 1. The Morgan fingerprint density at radius 2 is 1.06 bits per heavy atom. The van der Waals surface area contributed by atoms with E-state index in [1.807, 2.05) is 30.3 Å². The van der Waals surface area contributed by atoms with Crippen LogP contribution in [0.4, 0.5) is 0 Å². The zero-order valence-electron chi connectivity index (χ0n) is 18.1. The topological polar surface area (TPSA) is 31.4 Å². The molecule has 0 bridgehead atoms. The van der Waals surface area contributed by atoms with Gasteiger partial charge in [0, 0.05) is 22.1 Å². The molecular weight excluding hydrogens is 394 g/mol. The summed E-state index contributed by atoms with van der Waals surface area (Å²) in [7, 11) is 3.38. The van der Waals surface area contributed by atoms with Crippen LogP contribution >= 0.6 is 0 Å². The summed E-state index contributed by atoms with van der Waals surface area (Å²) in [5.74, 6) is 1.64. The fraction of sp³-hybridized carbons (Fsp3) is 0.0690. The van der Waals surface area contributed by atoms with Gasteiger partial charge in [-0.05, 0) is 53.4 Å². The molecule has 0 amide bonds. The Morgan fingerprint density at radius 3 is 1.69 bits per heavy atom. The van der Waals surface area contributed by atoms with Crippen molar-refractivity contribution in [1.29, 1.82) is 0 Å². The van der Waals surface area contributed by atoms with Crippen LogP contribution in [0.25, 0.3) is 44.4 Å². The first kappa shape index (κ1) is 19.8. The van der Waals surface area contributed by atoms with E-state index in [-0.39, 0.29) is 0 Å². The summed E-state index contributed by atoms with van der Waals surface area (Å²) in [5, 5.41) is 2.18. The Labute approximate surface area is 187 Å². The van der Waals surface area contributed by atoms with Crippen LogP contribution in [-0.4, -0.2) is 19.2 Å². The lowest BCUT2D eigenvalue weighted by Gasteiger charge is -2.18. The molecule has 0 fully saturated rings. The predicted molar refractivity (Wildman–Crippen MR) is 131 cm³/mol. The standard InChI is InChI=1S/C29H23NO2/c1-31-23-15-13-22(14-16-23)28-25-18-17-24(32-2)19-26(25)27(20-9-5-3-6-10-20)29(30-28)21-11-7-4-8-12-21/h3-19H,1-2H3. The molecule has 0 saturated carbocycles. The van der Waals surface area contributed by atoms with Crippen LogP contribution in [0.3, 0.4) is 0 Å². The van der Waals surface area contributed by atoms with Crippen molar-refractivity contribution in [3.05, 3.63) is 103 Å². The van der Waals surface area contributed by atoms with Crippen molar-refractivity contribution >= 4 is 10.8 Å². The summed E-state index contributed by atoms with van der Waals surface area (Å²) in [4.78, 5) is 5.25. The summed E-state index contributed by atoms with van der Waals surface area (Å²) < 4.78 is 11.0. The Hall–Kier alpha value is -4.11. The molecule has 0 spiro atoms. The van der Waals surface area contributed by atoms with Gasteiger partial charge in [0.15, 0.2) is 0 Å². The highest BCUT2D eigenvalue weighted by atomic mass is 16.5. The maximum Gasteiger partial charge on any atom is 0.119 e. The van der Waals surface area contributed by atoms with Gasteiger partial charge in [-0.3, -0.25) is 0 Å². The van der Waals surface area contributed by atoms with Crippen molar-refractivity contribution in [2.75, 3.05) is 14.2 Å². The third kappa shape index (κ3) is 3.58. The Balaban J connectivity index is 1.90. The first-order chi connectivity index (χ1) is 15.8. The molecule has 0 aliphatic rings. The fourth-order valence-electron chi connectivity index (χ4n) is 4.09. The van der Waals surface area contributed by atoms with Gasteiger partial charge < -0.3 is 9.47 Å². The molecule has 32 heavy (non-hydrogen) atoms. The number of nitrogens with zero attached hydrogens (tertiary/aromatic N) is 1. The quantitative estimate of drug-likeness (QED) is 0.302. The van der Waals surface area contributed by atoms with Crippen molar-refractivity contribution in [2.24, 2.45) is 0 Å². The lowest BCUT2D eigenvalue weighted by molar-refractivity contribution is 0.415. The van der Waals surface area contributed by atoms with Crippen molar-refractivity contribution in [1.82, 2.24) is 4.98 Å². The Kier molecular flexibility index (Phi) is 5.30.